The van der Waals surface area contributed by atoms with E-state index in [1.807, 2.05) is 0 Å². The molecule has 0 amide bonds. The highest BCUT2D eigenvalue weighted by molar-refractivity contribution is 5.24. The second kappa shape index (κ2) is 3.03. The van der Waals surface area contributed by atoms with E-state index in [-0.39, 0.29) is 11.5 Å². The van der Waals surface area contributed by atoms with E-state index in [1.54, 1.807) is 0 Å². The molecule has 2 nitrogen and oxygen atoms in total. The fourth-order valence-electron chi connectivity index (χ4n) is 1.59. The van der Waals surface area contributed by atoms with Gasteiger partial charge in [-0.2, -0.15) is 0 Å². The first-order valence-corrected chi connectivity index (χ1v) is 4.17. The quantitative estimate of drug-likeness (QED) is 0.720. The van der Waals surface area contributed by atoms with Gasteiger partial charge in [0.2, 0.25) is 0 Å². The largest absolute Gasteiger partial charge is 0.392 e. The number of aliphatic hydroxyl groups is 1. The normalized spacial score (nSPS) is 27.0. The number of pyridine rings is 1. The van der Waals surface area contributed by atoms with E-state index in [4.69, 9.17) is 0 Å². The lowest BCUT2D eigenvalue weighted by Crippen LogP contribution is -2.30. The van der Waals surface area contributed by atoms with Crippen LogP contribution < -0.4 is 0 Å². The minimum Gasteiger partial charge on any atom is -0.392 e. The summed E-state index contributed by atoms with van der Waals surface area (Å²) < 4.78 is 26.2. The van der Waals surface area contributed by atoms with E-state index in [0.717, 1.165) is 12.4 Å². The maximum Gasteiger partial charge on any atom is 0.147 e. The first-order valence-electron chi connectivity index (χ1n) is 4.17. The maximum atomic E-state index is 13.1. The van der Waals surface area contributed by atoms with Gasteiger partial charge in [-0.3, -0.25) is 4.98 Å². The van der Waals surface area contributed by atoms with Crippen LogP contribution in [0.25, 0.3) is 0 Å². The highest BCUT2D eigenvalue weighted by Crippen LogP contribution is 2.38. The highest BCUT2D eigenvalue weighted by atomic mass is 19.1. The van der Waals surface area contributed by atoms with Crippen LogP contribution in [0.2, 0.25) is 0 Å². The predicted molar refractivity (Wildman–Crippen MR) is 42.1 cm³/mol. The Labute approximate surface area is 74.2 Å². The first kappa shape index (κ1) is 8.56. The zero-order chi connectivity index (χ0) is 9.42. The number of halogens is 2. The van der Waals surface area contributed by atoms with Crippen LogP contribution in [-0.4, -0.2) is 16.2 Å². The van der Waals surface area contributed by atoms with E-state index >= 15 is 0 Å². The van der Waals surface area contributed by atoms with Gasteiger partial charge in [-0.15, -0.1) is 0 Å². The molecule has 1 N–H and O–H groups in total. The molecule has 0 bridgehead atoms. The summed E-state index contributed by atoms with van der Waals surface area (Å²) >= 11 is 0. The zero-order valence-electron chi connectivity index (χ0n) is 6.87. The lowest BCUT2D eigenvalue weighted by molar-refractivity contribution is 0.0625. The Bertz CT molecular complexity index is 309. The Morgan fingerprint density at radius 2 is 1.85 bits per heavy atom. The summed E-state index contributed by atoms with van der Waals surface area (Å²) in [4.78, 5) is 3.38. The summed E-state index contributed by atoms with van der Waals surface area (Å²) in [5, 5.41) is 9.26. The monoisotopic (exact) mass is 185 g/mol. The summed E-state index contributed by atoms with van der Waals surface area (Å²) in [6, 6.07) is 0. The molecule has 1 aliphatic rings. The van der Waals surface area contributed by atoms with Gasteiger partial charge >= 0.3 is 0 Å². The lowest BCUT2D eigenvalue weighted by Gasteiger charge is -2.32. The lowest BCUT2D eigenvalue weighted by atomic mass is 9.77. The minimum atomic E-state index is -0.663. The molecule has 0 aliphatic heterocycles. The van der Waals surface area contributed by atoms with Crippen LogP contribution >= 0.6 is 0 Å². The van der Waals surface area contributed by atoms with Gasteiger partial charge in [-0.1, -0.05) is 0 Å². The molecule has 0 radical (unpaired) electrons. The number of nitrogens with zero attached hydrogens (tertiary/aromatic N) is 1. The van der Waals surface area contributed by atoms with Gasteiger partial charge in [-0.25, -0.2) is 8.78 Å². The van der Waals surface area contributed by atoms with Crippen molar-refractivity contribution in [2.45, 2.75) is 24.9 Å². The minimum absolute atomic E-state index is 0.0197. The van der Waals surface area contributed by atoms with Gasteiger partial charge in [0.15, 0.2) is 0 Å². The summed E-state index contributed by atoms with van der Waals surface area (Å²) in [5.74, 6) is -1.71. The van der Waals surface area contributed by atoms with Gasteiger partial charge < -0.3 is 5.11 Å². The summed E-state index contributed by atoms with van der Waals surface area (Å²) in [6.45, 7) is 0. The molecule has 0 spiro atoms. The van der Waals surface area contributed by atoms with Crippen LogP contribution in [0.3, 0.4) is 0 Å². The van der Waals surface area contributed by atoms with Gasteiger partial charge in [0.05, 0.1) is 18.5 Å². The molecule has 1 aromatic rings. The van der Waals surface area contributed by atoms with Crippen molar-refractivity contribution in [2.24, 2.45) is 0 Å². The van der Waals surface area contributed by atoms with Crippen molar-refractivity contribution in [3.8, 4) is 0 Å². The van der Waals surface area contributed by atoms with Gasteiger partial charge in [-0.05, 0) is 12.8 Å². The molecule has 1 aromatic heterocycles. The molecule has 1 fully saturated rings. The van der Waals surface area contributed by atoms with Crippen LogP contribution in [0.4, 0.5) is 8.78 Å². The molecule has 70 valence electrons. The smallest absolute Gasteiger partial charge is 0.147 e. The van der Waals surface area contributed by atoms with Crippen LogP contribution in [-0.2, 0) is 0 Å². The third kappa shape index (κ3) is 1.31. The molecule has 13 heavy (non-hydrogen) atoms. The maximum absolute atomic E-state index is 13.1. The highest BCUT2D eigenvalue weighted by Gasteiger charge is 2.34. The Morgan fingerprint density at radius 1 is 1.23 bits per heavy atom. The molecule has 2 unspecified atom stereocenters. The van der Waals surface area contributed by atoms with E-state index in [1.165, 1.54) is 0 Å². The zero-order valence-corrected chi connectivity index (χ0v) is 6.87. The van der Waals surface area contributed by atoms with E-state index in [2.05, 4.69) is 4.98 Å². The molecule has 0 aromatic carbocycles. The van der Waals surface area contributed by atoms with Crippen LogP contribution in [0, 0.1) is 11.6 Å². The van der Waals surface area contributed by atoms with Crippen molar-refractivity contribution in [1.82, 2.24) is 4.98 Å². The van der Waals surface area contributed by atoms with Crippen LogP contribution in [0.5, 0.6) is 0 Å². The molecule has 2 rings (SSSR count). The summed E-state index contributed by atoms with van der Waals surface area (Å²) in [7, 11) is 0. The molecular formula is C9H9F2NO. The number of hydrogen-bond donors (Lipinski definition) is 1. The Balaban J connectivity index is 2.38. The number of aliphatic hydroxyl groups excluding tert-OH is 1. The predicted octanol–water partition coefficient (Wildman–Crippen LogP) is 1.60. The summed E-state index contributed by atoms with van der Waals surface area (Å²) in [6.07, 6.45) is 2.60. The summed E-state index contributed by atoms with van der Waals surface area (Å²) in [5.41, 5.74) is -0.0197. The fourth-order valence-corrected chi connectivity index (χ4v) is 1.59. The molecule has 1 aliphatic carbocycles. The third-order valence-electron chi connectivity index (χ3n) is 2.50. The van der Waals surface area contributed by atoms with Crippen LogP contribution in [0.15, 0.2) is 12.4 Å². The van der Waals surface area contributed by atoms with Crippen molar-refractivity contribution in [2.75, 3.05) is 0 Å². The van der Waals surface area contributed by atoms with Gasteiger partial charge in [0, 0.05) is 11.5 Å². The van der Waals surface area contributed by atoms with Gasteiger partial charge in [0.1, 0.15) is 11.6 Å². The van der Waals surface area contributed by atoms with Crippen molar-refractivity contribution in [1.29, 1.82) is 0 Å². The average Bonchev–Trinajstić information content (AvgIpc) is 2.09. The first-order chi connectivity index (χ1) is 6.20. The molecule has 2 atom stereocenters. The number of aromatic nitrogens is 1. The topological polar surface area (TPSA) is 33.1 Å². The second-order valence-corrected chi connectivity index (χ2v) is 3.27. The Hall–Kier alpha value is -1.03. The second-order valence-electron chi connectivity index (χ2n) is 3.27. The SMILES string of the molecule is OC1CCC1c1c(F)cncc1F. The Morgan fingerprint density at radius 3 is 2.23 bits per heavy atom. The standard InChI is InChI=1S/C9H9F2NO/c10-6-3-12-4-7(11)9(6)5-1-2-8(5)13/h3-5,8,13H,1-2H2. The Kier molecular flexibility index (Phi) is 2.00. The third-order valence-corrected chi connectivity index (χ3v) is 2.50. The number of hydrogen-bond acceptors (Lipinski definition) is 2. The van der Waals surface area contributed by atoms with E-state index in [9.17, 15) is 13.9 Å². The van der Waals surface area contributed by atoms with Crippen molar-refractivity contribution >= 4 is 0 Å². The molecule has 4 heteroatoms. The average molecular weight is 185 g/mol. The van der Waals surface area contributed by atoms with Crippen molar-refractivity contribution in [3.63, 3.8) is 0 Å². The van der Waals surface area contributed by atoms with Gasteiger partial charge in [0.25, 0.3) is 0 Å². The van der Waals surface area contributed by atoms with Crippen molar-refractivity contribution < 1.29 is 13.9 Å². The van der Waals surface area contributed by atoms with Crippen LogP contribution in [0.1, 0.15) is 24.3 Å². The molecular weight excluding hydrogens is 176 g/mol. The molecule has 1 saturated carbocycles. The van der Waals surface area contributed by atoms with E-state index in [0.29, 0.717) is 12.8 Å². The van der Waals surface area contributed by atoms with E-state index < -0.39 is 17.7 Å². The molecule has 1 heterocycles. The number of rotatable bonds is 1. The fraction of sp³-hybridized carbons (Fsp3) is 0.444. The van der Waals surface area contributed by atoms with Crippen molar-refractivity contribution in [3.05, 3.63) is 29.6 Å². The molecule has 0 saturated heterocycles.